The molecule has 1 atom stereocenters. The SMILES string of the molecule is O=C(C[C@H](C(=O)OC1CCCCC1)n1ccnc1)OC1CCCCC1. The highest BCUT2D eigenvalue weighted by molar-refractivity contribution is 5.81. The molecule has 2 aliphatic carbocycles. The van der Waals surface area contributed by atoms with Crippen molar-refractivity contribution in [3.63, 3.8) is 0 Å². The molecule has 6 heteroatoms. The van der Waals surface area contributed by atoms with Crippen LogP contribution in [-0.2, 0) is 19.1 Å². The standard InChI is InChI=1S/C19H28N2O4/c22-18(24-15-7-3-1-4-8-15)13-17(21-12-11-20-14-21)19(23)25-16-9-5-2-6-10-16/h11-12,14-17H,1-10,13H2/t17-/m1/s1. The molecular weight excluding hydrogens is 320 g/mol. The first-order chi connectivity index (χ1) is 12.2. The number of esters is 2. The molecule has 2 saturated carbocycles. The molecule has 0 aliphatic heterocycles. The summed E-state index contributed by atoms with van der Waals surface area (Å²) in [5.74, 6) is -0.684. The number of hydrogen-bond donors (Lipinski definition) is 0. The molecule has 1 aromatic rings. The van der Waals surface area contributed by atoms with Gasteiger partial charge in [0.2, 0.25) is 0 Å². The fourth-order valence-electron chi connectivity index (χ4n) is 3.76. The summed E-state index contributed by atoms with van der Waals surface area (Å²) in [6, 6.07) is -0.694. The van der Waals surface area contributed by atoms with Gasteiger partial charge < -0.3 is 14.0 Å². The van der Waals surface area contributed by atoms with E-state index in [0.717, 1.165) is 51.4 Å². The first kappa shape index (κ1) is 18.0. The Hall–Kier alpha value is -1.85. The van der Waals surface area contributed by atoms with E-state index < -0.39 is 6.04 Å². The van der Waals surface area contributed by atoms with Gasteiger partial charge in [-0.05, 0) is 51.4 Å². The highest BCUT2D eigenvalue weighted by Gasteiger charge is 2.30. The third kappa shape index (κ3) is 5.31. The molecule has 0 radical (unpaired) electrons. The minimum atomic E-state index is -0.694. The summed E-state index contributed by atoms with van der Waals surface area (Å²) in [5.41, 5.74) is 0. The lowest BCUT2D eigenvalue weighted by molar-refractivity contribution is -0.161. The molecule has 2 aliphatic rings. The Labute approximate surface area is 148 Å². The molecule has 0 aromatic carbocycles. The number of rotatable bonds is 6. The van der Waals surface area contributed by atoms with E-state index in [2.05, 4.69) is 4.98 Å². The summed E-state index contributed by atoms with van der Waals surface area (Å²) < 4.78 is 12.9. The summed E-state index contributed by atoms with van der Waals surface area (Å²) in [4.78, 5) is 29.0. The minimum absolute atomic E-state index is 0.000878. The molecule has 0 unspecified atom stereocenters. The van der Waals surface area contributed by atoms with E-state index in [1.165, 1.54) is 12.8 Å². The van der Waals surface area contributed by atoms with E-state index in [-0.39, 0.29) is 30.6 Å². The number of imidazole rings is 1. The molecule has 0 saturated heterocycles. The number of ether oxygens (including phenoxy) is 2. The highest BCUT2D eigenvalue weighted by Crippen LogP contribution is 2.25. The third-order valence-corrected chi connectivity index (χ3v) is 5.20. The van der Waals surface area contributed by atoms with Gasteiger partial charge in [0, 0.05) is 12.4 Å². The van der Waals surface area contributed by atoms with Crippen molar-refractivity contribution < 1.29 is 19.1 Å². The molecule has 25 heavy (non-hydrogen) atoms. The average Bonchev–Trinajstić information content (AvgIpc) is 3.15. The Bertz CT molecular complexity index is 546. The van der Waals surface area contributed by atoms with Crippen LogP contribution < -0.4 is 0 Å². The van der Waals surface area contributed by atoms with Crippen LogP contribution in [0.1, 0.15) is 76.7 Å². The second kappa shape index (κ2) is 9.02. The lowest BCUT2D eigenvalue weighted by Crippen LogP contribution is -2.30. The molecule has 0 spiro atoms. The van der Waals surface area contributed by atoms with E-state index in [1.54, 1.807) is 23.3 Å². The van der Waals surface area contributed by atoms with E-state index in [9.17, 15) is 9.59 Å². The normalized spacial score (nSPS) is 20.8. The van der Waals surface area contributed by atoms with Crippen LogP contribution in [-0.4, -0.2) is 33.7 Å². The van der Waals surface area contributed by atoms with Crippen LogP contribution in [0.2, 0.25) is 0 Å². The molecule has 3 rings (SSSR count). The van der Waals surface area contributed by atoms with Crippen molar-refractivity contribution in [2.24, 2.45) is 0 Å². The van der Waals surface area contributed by atoms with Gasteiger partial charge in [-0.25, -0.2) is 9.78 Å². The third-order valence-electron chi connectivity index (χ3n) is 5.20. The maximum atomic E-state index is 12.7. The maximum Gasteiger partial charge on any atom is 0.330 e. The summed E-state index contributed by atoms with van der Waals surface area (Å²) >= 11 is 0. The molecule has 0 bridgehead atoms. The Morgan fingerprint density at radius 2 is 1.56 bits per heavy atom. The van der Waals surface area contributed by atoms with Crippen molar-refractivity contribution >= 4 is 11.9 Å². The maximum absolute atomic E-state index is 12.7. The van der Waals surface area contributed by atoms with Crippen LogP contribution in [0.3, 0.4) is 0 Å². The summed E-state index contributed by atoms with van der Waals surface area (Å²) in [6.45, 7) is 0. The van der Waals surface area contributed by atoms with Gasteiger partial charge in [-0.15, -0.1) is 0 Å². The number of nitrogens with zero attached hydrogens (tertiary/aromatic N) is 2. The second-order valence-corrected chi connectivity index (χ2v) is 7.18. The van der Waals surface area contributed by atoms with Crippen molar-refractivity contribution in [1.82, 2.24) is 9.55 Å². The zero-order valence-corrected chi connectivity index (χ0v) is 14.8. The smallest absolute Gasteiger partial charge is 0.330 e. The second-order valence-electron chi connectivity index (χ2n) is 7.18. The van der Waals surface area contributed by atoms with Crippen LogP contribution in [0.4, 0.5) is 0 Å². The van der Waals surface area contributed by atoms with E-state index >= 15 is 0 Å². The molecule has 2 fully saturated rings. The van der Waals surface area contributed by atoms with Crippen LogP contribution >= 0.6 is 0 Å². The number of aromatic nitrogens is 2. The number of carbonyl (C=O) groups is 2. The van der Waals surface area contributed by atoms with Crippen LogP contribution in [0, 0.1) is 0 Å². The van der Waals surface area contributed by atoms with Gasteiger partial charge in [0.15, 0.2) is 0 Å². The fourth-order valence-corrected chi connectivity index (χ4v) is 3.76. The van der Waals surface area contributed by atoms with Gasteiger partial charge in [0.1, 0.15) is 18.2 Å². The first-order valence-corrected chi connectivity index (χ1v) is 9.60. The summed E-state index contributed by atoms with van der Waals surface area (Å²) in [7, 11) is 0. The van der Waals surface area contributed by atoms with E-state index in [4.69, 9.17) is 9.47 Å². The summed E-state index contributed by atoms with van der Waals surface area (Å²) in [6.07, 6.45) is 15.3. The minimum Gasteiger partial charge on any atom is -0.462 e. The molecular formula is C19H28N2O4. The van der Waals surface area contributed by atoms with Crippen LogP contribution in [0.5, 0.6) is 0 Å². The topological polar surface area (TPSA) is 70.4 Å². The zero-order chi connectivity index (χ0) is 17.5. The summed E-state index contributed by atoms with van der Waals surface area (Å²) in [5, 5.41) is 0. The van der Waals surface area contributed by atoms with E-state index in [1.807, 2.05) is 0 Å². The van der Waals surface area contributed by atoms with Crippen LogP contribution in [0.25, 0.3) is 0 Å². The molecule has 138 valence electrons. The van der Waals surface area contributed by atoms with Crippen molar-refractivity contribution in [2.45, 2.75) is 88.9 Å². The molecule has 6 nitrogen and oxygen atoms in total. The Balaban J connectivity index is 1.58. The molecule has 1 heterocycles. The van der Waals surface area contributed by atoms with Crippen molar-refractivity contribution in [3.05, 3.63) is 18.7 Å². The number of carbonyl (C=O) groups excluding carboxylic acids is 2. The van der Waals surface area contributed by atoms with Crippen molar-refractivity contribution in [3.8, 4) is 0 Å². The fraction of sp³-hybridized carbons (Fsp3) is 0.737. The predicted octanol–water partition coefficient (Wildman–Crippen LogP) is 3.57. The predicted molar refractivity (Wildman–Crippen MR) is 91.8 cm³/mol. The van der Waals surface area contributed by atoms with Gasteiger partial charge in [0.05, 0.1) is 12.7 Å². The van der Waals surface area contributed by atoms with Crippen molar-refractivity contribution in [1.29, 1.82) is 0 Å². The largest absolute Gasteiger partial charge is 0.462 e. The molecule has 0 N–H and O–H groups in total. The van der Waals surface area contributed by atoms with Gasteiger partial charge >= 0.3 is 11.9 Å². The highest BCUT2D eigenvalue weighted by atomic mass is 16.6. The Morgan fingerprint density at radius 1 is 0.960 bits per heavy atom. The van der Waals surface area contributed by atoms with Gasteiger partial charge in [-0.1, -0.05) is 12.8 Å². The van der Waals surface area contributed by atoms with Gasteiger partial charge in [0.25, 0.3) is 0 Å². The van der Waals surface area contributed by atoms with Crippen molar-refractivity contribution in [2.75, 3.05) is 0 Å². The average molecular weight is 348 g/mol. The zero-order valence-electron chi connectivity index (χ0n) is 14.8. The lowest BCUT2D eigenvalue weighted by atomic mass is 9.97. The van der Waals surface area contributed by atoms with Gasteiger partial charge in [-0.2, -0.15) is 0 Å². The van der Waals surface area contributed by atoms with E-state index in [0.29, 0.717) is 0 Å². The lowest BCUT2D eigenvalue weighted by Gasteiger charge is -2.26. The molecule has 0 amide bonds. The first-order valence-electron chi connectivity index (χ1n) is 9.60. The van der Waals surface area contributed by atoms with Gasteiger partial charge in [-0.3, -0.25) is 4.79 Å². The quantitative estimate of drug-likeness (QED) is 0.735. The van der Waals surface area contributed by atoms with Crippen LogP contribution in [0.15, 0.2) is 18.7 Å². The number of hydrogen-bond acceptors (Lipinski definition) is 5. The Kier molecular flexibility index (Phi) is 6.48. The monoisotopic (exact) mass is 348 g/mol. The molecule has 1 aromatic heterocycles. The Morgan fingerprint density at radius 3 is 2.12 bits per heavy atom.